The van der Waals surface area contributed by atoms with Crippen LogP contribution in [-0.4, -0.2) is 22.0 Å². The van der Waals surface area contributed by atoms with E-state index in [9.17, 15) is 9.59 Å². The van der Waals surface area contributed by atoms with Crippen molar-refractivity contribution >= 4 is 16.8 Å². The van der Waals surface area contributed by atoms with Crippen LogP contribution in [0.15, 0.2) is 35.1 Å². The Balaban J connectivity index is 2.39. The van der Waals surface area contributed by atoms with Gasteiger partial charge in [-0.25, -0.2) is 5.10 Å². The van der Waals surface area contributed by atoms with Crippen molar-refractivity contribution in [2.45, 2.75) is 6.92 Å². The summed E-state index contributed by atoms with van der Waals surface area (Å²) in [5.74, 6) is 0.740. The van der Waals surface area contributed by atoms with Gasteiger partial charge in [0, 0.05) is 5.56 Å². The number of carbonyl (C=O) groups excluding carboxylic acids is 1. The third-order valence-electron chi connectivity index (χ3n) is 2.48. The number of halogens is 1. The van der Waals surface area contributed by atoms with Crippen LogP contribution in [0.1, 0.15) is 17.3 Å². The van der Waals surface area contributed by atoms with Crippen molar-refractivity contribution in [2.75, 3.05) is 6.61 Å². The van der Waals surface area contributed by atoms with Crippen molar-refractivity contribution in [1.29, 1.82) is 0 Å². The van der Waals surface area contributed by atoms with Gasteiger partial charge in [-0.3, -0.25) is 9.59 Å². The number of hydrogen-bond donors (Lipinski definition) is 1. The zero-order valence-corrected chi connectivity index (χ0v) is 10.9. The fourth-order valence-corrected chi connectivity index (χ4v) is 1.73. The number of rotatable bonds is 4. The Hall–Kier alpha value is -2.14. The van der Waals surface area contributed by atoms with Gasteiger partial charge in [0.25, 0.3) is 10.8 Å². The summed E-state index contributed by atoms with van der Waals surface area (Å²) in [6, 6.07) is 8.51. The minimum absolute atomic E-state index is 0.124. The molecule has 0 saturated heterocycles. The van der Waals surface area contributed by atoms with Gasteiger partial charge in [-0.1, -0.05) is 0 Å². The first-order valence-corrected chi connectivity index (χ1v) is 6.02. The fourth-order valence-electron chi connectivity index (χ4n) is 1.59. The average molecular weight is 279 g/mol. The van der Waals surface area contributed by atoms with Crippen molar-refractivity contribution in [3.05, 3.63) is 46.2 Å². The van der Waals surface area contributed by atoms with Gasteiger partial charge < -0.3 is 4.74 Å². The van der Waals surface area contributed by atoms with E-state index in [0.717, 1.165) is 11.3 Å². The Morgan fingerprint density at radius 1 is 1.37 bits per heavy atom. The number of hydrogen-bond acceptors (Lipinski definition) is 4. The molecule has 0 aliphatic heterocycles. The molecule has 0 fully saturated rings. The van der Waals surface area contributed by atoms with Crippen molar-refractivity contribution in [1.82, 2.24) is 10.2 Å². The van der Waals surface area contributed by atoms with Gasteiger partial charge in [-0.05, 0) is 48.9 Å². The van der Waals surface area contributed by atoms with E-state index < -0.39 is 10.8 Å². The number of benzene rings is 1. The fraction of sp³-hybridized carbons (Fsp3) is 0.154. The van der Waals surface area contributed by atoms with Crippen LogP contribution in [0.25, 0.3) is 11.3 Å². The smallest absolute Gasteiger partial charge is 0.276 e. The van der Waals surface area contributed by atoms with Crippen LogP contribution in [-0.2, 0) is 0 Å². The maximum atomic E-state index is 11.3. The molecule has 0 aliphatic rings. The first kappa shape index (κ1) is 13.3. The van der Waals surface area contributed by atoms with E-state index in [-0.39, 0.29) is 5.56 Å². The molecular formula is C13H11ClN2O3. The molecule has 0 aliphatic carbocycles. The molecule has 1 N–H and O–H groups in total. The summed E-state index contributed by atoms with van der Waals surface area (Å²) in [6.07, 6.45) is 0. The lowest BCUT2D eigenvalue weighted by Crippen LogP contribution is -2.16. The summed E-state index contributed by atoms with van der Waals surface area (Å²) in [5, 5.41) is 5.31. The predicted octanol–water partition coefficient (Wildman–Crippen LogP) is 2.21. The van der Waals surface area contributed by atoms with Gasteiger partial charge in [-0.15, -0.1) is 0 Å². The Bertz CT molecular complexity index is 650. The normalized spacial score (nSPS) is 10.2. The molecular weight excluding hydrogens is 268 g/mol. The molecule has 0 atom stereocenters. The highest BCUT2D eigenvalue weighted by Gasteiger charge is 2.10. The molecule has 0 unspecified atom stereocenters. The SMILES string of the molecule is CCOc1ccc(-c2cc(C(=O)Cl)c(=O)[nH]n2)cc1. The topological polar surface area (TPSA) is 72.1 Å². The molecule has 0 spiro atoms. The molecule has 1 heterocycles. The van der Waals surface area contributed by atoms with Gasteiger partial charge in [-0.2, -0.15) is 5.10 Å². The van der Waals surface area contributed by atoms with Crippen LogP contribution < -0.4 is 10.3 Å². The van der Waals surface area contributed by atoms with E-state index in [1.807, 2.05) is 6.92 Å². The molecule has 5 nitrogen and oxygen atoms in total. The van der Waals surface area contributed by atoms with E-state index in [0.29, 0.717) is 12.3 Å². The van der Waals surface area contributed by atoms with Gasteiger partial charge in [0.1, 0.15) is 11.3 Å². The third-order valence-corrected chi connectivity index (χ3v) is 2.68. The lowest BCUT2D eigenvalue weighted by molar-refractivity contribution is 0.108. The summed E-state index contributed by atoms with van der Waals surface area (Å²) in [5.41, 5.74) is 0.487. The van der Waals surface area contributed by atoms with E-state index in [2.05, 4.69) is 10.2 Å². The van der Waals surface area contributed by atoms with Crippen molar-refractivity contribution < 1.29 is 9.53 Å². The molecule has 98 valence electrons. The summed E-state index contributed by atoms with van der Waals surface area (Å²) in [7, 11) is 0. The van der Waals surface area contributed by atoms with Gasteiger partial charge in [0.05, 0.1) is 12.3 Å². The summed E-state index contributed by atoms with van der Waals surface area (Å²) < 4.78 is 5.32. The molecule has 19 heavy (non-hydrogen) atoms. The van der Waals surface area contributed by atoms with E-state index in [1.165, 1.54) is 6.07 Å². The molecule has 0 amide bonds. The molecule has 2 aromatic rings. The molecule has 0 saturated carbocycles. The van der Waals surface area contributed by atoms with Crippen LogP contribution in [0.2, 0.25) is 0 Å². The number of aromatic nitrogens is 2. The lowest BCUT2D eigenvalue weighted by Gasteiger charge is -2.04. The second kappa shape index (κ2) is 5.67. The van der Waals surface area contributed by atoms with E-state index in [1.54, 1.807) is 24.3 Å². The number of nitrogens with one attached hydrogen (secondary N) is 1. The number of carbonyl (C=O) groups is 1. The standard InChI is InChI=1S/C13H11ClN2O3/c1-2-19-9-5-3-8(4-6-9)11-7-10(12(14)17)13(18)16-15-11/h3-7H,2H2,1H3,(H,16,18). The summed E-state index contributed by atoms with van der Waals surface area (Å²) >= 11 is 5.33. The van der Waals surface area contributed by atoms with Crippen molar-refractivity contribution in [3.8, 4) is 17.0 Å². The van der Waals surface area contributed by atoms with E-state index in [4.69, 9.17) is 16.3 Å². The van der Waals surface area contributed by atoms with Gasteiger partial charge >= 0.3 is 0 Å². The molecule has 2 rings (SSSR count). The highest BCUT2D eigenvalue weighted by atomic mass is 35.5. The second-order valence-corrected chi connectivity index (χ2v) is 4.07. The molecule has 0 bridgehead atoms. The quantitative estimate of drug-likeness (QED) is 0.871. The monoisotopic (exact) mass is 278 g/mol. The van der Waals surface area contributed by atoms with E-state index >= 15 is 0 Å². The zero-order valence-electron chi connectivity index (χ0n) is 10.1. The van der Waals surface area contributed by atoms with Crippen LogP contribution in [0.5, 0.6) is 5.75 Å². The lowest BCUT2D eigenvalue weighted by atomic mass is 10.1. The average Bonchev–Trinajstić information content (AvgIpc) is 2.40. The molecule has 1 aromatic heterocycles. The third kappa shape index (κ3) is 3.00. The van der Waals surface area contributed by atoms with Crippen LogP contribution in [0.3, 0.4) is 0 Å². The van der Waals surface area contributed by atoms with Gasteiger partial charge in [0.2, 0.25) is 0 Å². The molecule has 1 aromatic carbocycles. The number of aromatic amines is 1. The number of H-pyrrole nitrogens is 1. The molecule has 6 heteroatoms. The highest BCUT2D eigenvalue weighted by Crippen LogP contribution is 2.20. The Labute approximate surface area is 114 Å². The zero-order chi connectivity index (χ0) is 13.8. The largest absolute Gasteiger partial charge is 0.494 e. The highest BCUT2D eigenvalue weighted by molar-refractivity contribution is 6.67. The molecule has 0 radical (unpaired) electrons. The van der Waals surface area contributed by atoms with Crippen LogP contribution >= 0.6 is 11.6 Å². The predicted molar refractivity (Wildman–Crippen MR) is 71.6 cm³/mol. The van der Waals surface area contributed by atoms with Gasteiger partial charge in [0.15, 0.2) is 0 Å². The Morgan fingerprint density at radius 2 is 2.05 bits per heavy atom. The second-order valence-electron chi connectivity index (χ2n) is 3.73. The van der Waals surface area contributed by atoms with Crippen LogP contribution in [0.4, 0.5) is 0 Å². The maximum absolute atomic E-state index is 11.3. The number of nitrogens with zero attached hydrogens (tertiary/aromatic N) is 1. The minimum atomic E-state index is -0.809. The number of ether oxygens (including phenoxy) is 1. The minimum Gasteiger partial charge on any atom is -0.494 e. The first-order chi connectivity index (χ1) is 9.11. The summed E-state index contributed by atoms with van der Waals surface area (Å²) in [6.45, 7) is 2.48. The van der Waals surface area contributed by atoms with Crippen molar-refractivity contribution in [3.63, 3.8) is 0 Å². The summed E-state index contributed by atoms with van der Waals surface area (Å²) in [4.78, 5) is 22.4. The van der Waals surface area contributed by atoms with Crippen molar-refractivity contribution in [2.24, 2.45) is 0 Å². The van der Waals surface area contributed by atoms with Crippen LogP contribution in [0, 0.1) is 0 Å². The maximum Gasteiger partial charge on any atom is 0.276 e. The first-order valence-electron chi connectivity index (χ1n) is 5.64. The Morgan fingerprint density at radius 3 is 2.63 bits per heavy atom. The Kier molecular flexibility index (Phi) is 3.97.